The standard InChI is InChI=1S/C11H17Cl2N3/c1-8(2)14-4-5-16(3)11-10(13)6-9(12)7-15-11/h6-8,14H,4-5H2,1-3H3. The van der Waals surface area contributed by atoms with Crippen molar-refractivity contribution in [1.82, 2.24) is 10.3 Å². The van der Waals surface area contributed by atoms with Gasteiger partial charge in [-0.3, -0.25) is 0 Å². The zero-order valence-electron chi connectivity index (χ0n) is 9.80. The van der Waals surface area contributed by atoms with Crippen molar-refractivity contribution in [2.24, 2.45) is 0 Å². The third-order valence-electron chi connectivity index (χ3n) is 2.15. The molecule has 0 saturated carbocycles. The molecule has 0 aliphatic carbocycles. The molecule has 0 spiro atoms. The second-order valence-electron chi connectivity index (χ2n) is 3.99. The van der Waals surface area contributed by atoms with Gasteiger partial charge in [-0.1, -0.05) is 37.0 Å². The Hall–Kier alpha value is -0.510. The molecule has 1 heterocycles. The van der Waals surface area contributed by atoms with Gasteiger partial charge in [0.15, 0.2) is 0 Å². The van der Waals surface area contributed by atoms with Crippen LogP contribution in [0, 0.1) is 0 Å². The number of halogens is 2. The normalized spacial score (nSPS) is 10.9. The zero-order chi connectivity index (χ0) is 12.1. The van der Waals surface area contributed by atoms with E-state index in [2.05, 4.69) is 24.1 Å². The summed E-state index contributed by atoms with van der Waals surface area (Å²) in [4.78, 5) is 6.22. The Bertz CT molecular complexity index is 342. The molecule has 0 saturated heterocycles. The Morgan fingerprint density at radius 2 is 2.12 bits per heavy atom. The lowest BCUT2D eigenvalue weighted by Crippen LogP contribution is -2.33. The number of hydrogen-bond donors (Lipinski definition) is 1. The van der Waals surface area contributed by atoms with Crippen molar-refractivity contribution >= 4 is 29.0 Å². The molecule has 0 atom stereocenters. The second kappa shape index (κ2) is 6.28. The number of nitrogens with one attached hydrogen (secondary N) is 1. The Balaban J connectivity index is 2.55. The summed E-state index contributed by atoms with van der Waals surface area (Å²) < 4.78 is 0. The SMILES string of the molecule is CC(C)NCCN(C)c1ncc(Cl)cc1Cl. The van der Waals surface area contributed by atoms with Crippen molar-refractivity contribution in [3.05, 3.63) is 22.3 Å². The van der Waals surface area contributed by atoms with Crippen molar-refractivity contribution in [3.8, 4) is 0 Å². The van der Waals surface area contributed by atoms with Gasteiger partial charge in [0.1, 0.15) is 5.82 Å². The summed E-state index contributed by atoms with van der Waals surface area (Å²) in [6.07, 6.45) is 1.61. The molecule has 0 fully saturated rings. The number of aromatic nitrogens is 1. The monoisotopic (exact) mass is 261 g/mol. The number of hydrogen-bond acceptors (Lipinski definition) is 3. The first-order chi connectivity index (χ1) is 7.50. The molecule has 1 aromatic rings. The number of pyridine rings is 1. The van der Waals surface area contributed by atoms with E-state index in [1.807, 2.05) is 11.9 Å². The molecule has 1 aromatic heterocycles. The van der Waals surface area contributed by atoms with Crippen molar-refractivity contribution in [2.75, 3.05) is 25.0 Å². The van der Waals surface area contributed by atoms with Crippen LogP contribution in [0.2, 0.25) is 10.0 Å². The molecule has 3 nitrogen and oxygen atoms in total. The highest BCUT2D eigenvalue weighted by Gasteiger charge is 2.07. The van der Waals surface area contributed by atoms with Crippen molar-refractivity contribution < 1.29 is 0 Å². The van der Waals surface area contributed by atoms with Crippen LogP contribution < -0.4 is 10.2 Å². The Kier molecular flexibility index (Phi) is 5.32. The summed E-state index contributed by atoms with van der Waals surface area (Å²) in [5.74, 6) is 0.761. The number of rotatable bonds is 5. The van der Waals surface area contributed by atoms with Crippen LogP contribution >= 0.6 is 23.2 Å². The molecule has 0 aliphatic heterocycles. The highest BCUT2D eigenvalue weighted by atomic mass is 35.5. The van der Waals surface area contributed by atoms with Crippen LogP contribution in [0.4, 0.5) is 5.82 Å². The van der Waals surface area contributed by atoms with Crippen LogP contribution in [0.5, 0.6) is 0 Å². The molecular formula is C11H17Cl2N3. The predicted molar refractivity (Wildman–Crippen MR) is 70.7 cm³/mol. The van der Waals surface area contributed by atoms with Crippen LogP contribution in [0.1, 0.15) is 13.8 Å². The Morgan fingerprint density at radius 1 is 1.44 bits per heavy atom. The van der Waals surface area contributed by atoms with E-state index in [1.165, 1.54) is 0 Å². The molecule has 0 radical (unpaired) electrons. The topological polar surface area (TPSA) is 28.2 Å². The quantitative estimate of drug-likeness (QED) is 0.884. The third-order valence-corrected chi connectivity index (χ3v) is 2.63. The second-order valence-corrected chi connectivity index (χ2v) is 4.83. The summed E-state index contributed by atoms with van der Waals surface area (Å²) >= 11 is 11.8. The lowest BCUT2D eigenvalue weighted by atomic mass is 10.4. The van der Waals surface area contributed by atoms with E-state index < -0.39 is 0 Å². The number of anilines is 1. The molecule has 0 aromatic carbocycles. The zero-order valence-corrected chi connectivity index (χ0v) is 11.3. The molecule has 5 heteroatoms. The minimum atomic E-state index is 0.488. The summed E-state index contributed by atoms with van der Waals surface area (Å²) in [7, 11) is 1.96. The van der Waals surface area contributed by atoms with Crippen molar-refractivity contribution in [2.45, 2.75) is 19.9 Å². The predicted octanol–water partition coefficient (Wildman–Crippen LogP) is 2.82. The van der Waals surface area contributed by atoms with Crippen LogP contribution in [0.3, 0.4) is 0 Å². The Labute approximate surface area is 107 Å². The van der Waals surface area contributed by atoms with Crippen LogP contribution in [-0.4, -0.2) is 31.2 Å². The van der Waals surface area contributed by atoms with Gasteiger partial charge in [0, 0.05) is 32.4 Å². The third kappa shape index (κ3) is 4.16. The number of likely N-dealkylation sites (N-methyl/N-ethyl adjacent to an activating group) is 1. The molecular weight excluding hydrogens is 245 g/mol. The maximum absolute atomic E-state index is 6.06. The first-order valence-corrected chi connectivity index (χ1v) is 6.02. The fourth-order valence-electron chi connectivity index (χ4n) is 1.32. The van der Waals surface area contributed by atoms with E-state index >= 15 is 0 Å². The van der Waals surface area contributed by atoms with Gasteiger partial charge in [-0.15, -0.1) is 0 Å². The smallest absolute Gasteiger partial charge is 0.147 e. The first kappa shape index (κ1) is 13.6. The van der Waals surface area contributed by atoms with Gasteiger partial charge in [0.25, 0.3) is 0 Å². The average Bonchev–Trinajstić information content (AvgIpc) is 2.16. The van der Waals surface area contributed by atoms with Gasteiger partial charge in [-0.25, -0.2) is 4.98 Å². The fraction of sp³-hybridized carbons (Fsp3) is 0.545. The molecule has 90 valence electrons. The Morgan fingerprint density at radius 3 is 2.69 bits per heavy atom. The van der Waals surface area contributed by atoms with Gasteiger partial charge in [0.2, 0.25) is 0 Å². The molecule has 1 N–H and O–H groups in total. The highest BCUT2D eigenvalue weighted by Crippen LogP contribution is 2.24. The molecule has 16 heavy (non-hydrogen) atoms. The van der Waals surface area contributed by atoms with Crippen molar-refractivity contribution in [1.29, 1.82) is 0 Å². The lowest BCUT2D eigenvalue weighted by Gasteiger charge is -2.20. The van der Waals surface area contributed by atoms with E-state index in [4.69, 9.17) is 23.2 Å². The van der Waals surface area contributed by atoms with E-state index in [-0.39, 0.29) is 0 Å². The summed E-state index contributed by atoms with van der Waals surface area (Å²) in [5, 5.41) is 4.48. The summed E-state index contributed by atoms with van der Waals surface area (Å²) in [5.41, 5.74) is 0. The van der Waals surface area contributed by atoms with E-state index in [0.29, 0.717) is 16.1 Å². The molecule has 0 aliphatic rings. The van der Waals surface area contributed by atoms with E-state index in [0.717, 1.165) is 18.9 Å². The molecule has 1 rings (SSSR count). The summed E-state index contributed by atoms with van der Waals surface area (Å²) in [6, 6.07) is 2.19. The van der Waals surface area contributed by atoms with Gasteiger partial charge < -0.3 is 10.2 Å². The largest absolute Gasteiger partial charge is 0.357 e. The van der Waals surface area contributed by atoms with E-state index in [9.17, 15) is 0 Å². The highest BCUT2D eigenvalue weighted by molar-refractivity contribution is 6.35. The maximum Gasteiger partial charge on any atom is 0.147 e. The van der Waals surface area contributed by atoms with Crippen LogP contribution in [0.15, 0.2) is 12.3 Å². The maximum atomic E-state index is 6.06. The summed E-state index contributed by atoms with van der Waals surface area (Å²) in [6.45, 7) is 5.99. The number of nitrogens with zero attached hydrogens (tertiary/aromatic N) is 2. The van der Waals surface area contributed by atoms with Crippen molar-refractivity contribution in [3.63, 3.8) is 0 Å². The van der Waals surface area contributed by atoms with Crippen LogP contribution in [0.25, 0.3) is 0 Å². The minimum absolute atomic E-state index is 0.488. The van der Waals surface area contributed by atoms with E-state index in [1.54, 1.807) is 12.3 Å². The van der Waals surface area contributed by atoms with Gasteiger partial charge >= 0.3 is 0 Å². The van der Waals surface area contributed by atoms with Gasteiger partial charge in [0.05, 0.1) is 10.0 Å². The molecule has 0 bridgehead atoms. The van der Waals surface area contributed by atoms with Gasteiger partial charge in [-0.2, -0.15) is 0 Å². The van der Waals surface area contributed by atoms with Gasteiger partial charge in [-0.05, 0) is 6.07 Å². The first-order valence-electron chi connectivity index (χ1n) is 5.26. The van der Waals surface area contributed by atoms with Crippen LogP contribution in [-0.2, 0) is 0 Å². The fourth-order valence-corrected chi connectivity index (χ4v) is 1.84. The molecule has 0 unspecified atom stereocenters. The lowest BCUT2D eigenvalue weighted by molar-refractivity contribution is 0.588. The average molecular weight is 262 g/mol. The minimum Gasteiger partial charge on any atom is -0.357 e. The molecule has 0 amide bonds.